The van der Waals surface area contributed by atoms with Gasteiger partial charge in [0.2, 0.25) is 11.8 Å². The highest BCUT2D eigenvalue weighted by atomic mass is 79.9. The monoisotopic (exact) mass is 612 g/mol. The first-order chi connectivity index (χ1) is 17.8. The number of carbonyl (C=O) groups is 3. The van der Waals surface area contributed by atoms with E-state index in [-0.39, 0.29) is 46.5 Å². The molecular formula is C29H45BrN2O5S. The summed E-state index contributed by atoms with van der Waals surface area (Å²) in [6.45, 7) is 19.2. The van der Waals surface area contributed by atoms with E-state index in [2.05, 4.69) is 63.7 Å². The van der Waals surface area contributed by atoms with Crippen LogP contribution in [0.5, 0.6) is 0 Å². The lowest BCUT2D eigenvalue weighted by Gasteiger charge is -2.46. The summed E-state index contributed by atoms with van der Waals surface area (Å²) in [6.07, 6.45) is 6.52. The molecule has 3 heterocycles. The number of halogens is 1. The van der Waals surface area contributed by atoms with E-state index in [0.29, 0.717) is 38.8 Å². The van der Waals surface area contributed by atoms with Crippen molar-refractivity contribution in [2.75, 3.05) is 26.3 Å². The van der Waals surface area contributed by atoms with Gasteiger partial charge in [-0.2, -0.15) is 0 Å². The number of esters is 1. The first-order valence-corrected chi connectivity index (χ1v) is 15.5. The zero-order valence-corrected chi connectivity index (χ0v) is 26.0. The van der Waals surface area contributed by atoms with Crippen molar-refractivity contribution in [2.24, 2.45) is 17.3 Å². The number of carbonyl (C=O) groups excluding carboxylic acids is 3. The summed E-state index contributed by atoms with van der Waals surface area (Å²) < 4.78 is 4.87. The van der Waals surface area contributed by atoms with Crippen LogP contribution in [-0.2, 0) is 19.1 Å². The molecule has 0 radical (unpaired) electrons. The lowest BCUT2D eigenvalue weighted by molar-refractivity contribution is -0.154. The molecule has 0 aliphatic carbocycles. The number of hydrogen-bond donors (Lipinski definition) is 1. The third kappa shape index (κ3) is 5.90. The zero-order valence-electron chi connectivity index (χ0n) is 23.6. The van der Waals surface area contributed by atoms with Crippen LogP contribution >= 0.6 is 27.7 Å². The van der Waals surface area contributed by atoms with Crippen LogP contribution in [0.1, 0.15) is 66.7 Å². The molecule has 2 bridgehead atoms. The van der Waals surface area contributed by atoms with Gasteiger partial charge < -0.3 is 19.6 Å². The molecule has 9 heteroatoms. The van der Waals surface area contributed by atoms with Crippen LogP contribution in [0, 0.1) is 17.3 Å². The number of thioether (sulfide) groups is 1. The van der Waals surface area contributed by atoms with Crippen LogP contribution < -0.4 is 0 Å². The van der Waals surface area contributed by atoms with Gasteiger partial charge in [-0.25, -0.2) is 0 Å². The maximum absolute atomic E-state index is 14.7. The van der Waals surface area contributed by atoms with Crippen molar-refractivity contribution in [3.63, 3.8) is 0 Å². The van der Waals surface area contributed by atoms with Crippen molar-refractivity contribution in [1.29, 1.82) is 0 Å². The highest BCUT2D eigenvalue weighted by molar-refractivity contribution is 9.09. The van der Waals surface area contributed by atoms with Gasteiger partial charge in [0.1, 0.15) is 6.04 Å². The molecule has 6 atom stereocenters. The maximum Gasteiger partial charge on any atom is 0.310 e. The molecule has 7 nitrogen and oxygen atoms in total. The van der Waals surface area contributed by atoms with Gasteiger partial charge in [0.15, 0.2) is 0 Å². The number of aliphatic hydroxyl groups excluding tert-OH is 1. The quantitative estimate of drug-likeness (QED) is 0.142. The van der Waals surface area contributed by atoms with Crippen LogP contribution in [0.25, 0.3) is 0 Å². The molecule has 3 aliphatic heterocycles. The second-order valence-corrected chi connectivity index (χ2v) is 15.4. The molecule has 1 N–H and O–H groups in total. The Kier molecular flexibility index (Phi) is 9.90. The summed E-state index contributed by atoms with van der Waals surface area (Å²) in [7, 11) is 0. The van der Waals surface area contributed by atoms with Gasteiger partial charge in [0.25, 0.3) is 0 Å². The maximum atomic E-state index is 14.7. The van der Waals surface area contributed by atoms with E-state index < -0.39 is 28.2 Å². The number of nitrogens with zero attached hydrogens (tertiary/aromatic N) is 2. The van der Waals surface area contributed by atoms with Gasteiger partial charge in [-0.05, 0) is 51.4 Å². The fourth-order valence-corrected chi connectivity index (χ4v) is 10.6. The molecule has 0 saturated carbocycles. The second kappa shape index (κ2) is 12.0. The van der Waals surface area contributed by atoms with Gasteiger partial charge in [-0.3, -0.25) is 14.4 Å². The molecule has 0 aromatic carbocycles. The summed E-state index contributed by atoms with van der Waals surface area (Å²) >= 11 is 5.42. The Balaban J connectivity index is 2.05. The van der Waals surface area contributed by atoms with Crippen molar-refractivity contribution < 1.29 is 24.2 Å². The Bertz CT molecular complexity index is 934. The minimum absolute atomic E-state index is 0.00312. The molecule has 3 fully saturated rings. The smallest absolute Gasteiger partial charge is 0.310 e. The van der Waals surface area contributed by atoms with Crippen molar-refractivity contribution in [3.05, 3.63) is 25.3 Å². The number of rotatable bonds is 13. The topological polar surface area (TPSA) is 87.1 Å². The molecular weight excluding hydrogens is 568 g/mol. The largest absolute Gasteiger partial charge is 0.465 e. The Morgan fingerprint density at radius 2 is 1.92 bits per heavy atom. The zero-order chi connectivity index (χ0) is 28.5. The van der Waals surface area contributed by atoms with Crippen LogP contribution in [0.15, 0.2) is 25.3 Å². The summed E-state index contributed by atoms with van der Waals surface area (Å²) in [5.74, 6) is -1.82. The lowest BCUT2D eigenvalue weighted by atomic mass is 9.70. The van der Waals surface area contributed by atoms with Crippen molar-refractivity contribution in [1.82, 2.24) is 9.80 Å². The first kappa shape index (κ1) is 31.2. The molecule has 3 unspecified atom stereocenters. The van der Waals surface area contributed by atoms with E-state index in [9.17, 15) is 19.5 Å². The number of alkyl halides is 1. The van der Waals surface area contributed by atoms with Crippen molar-refractivity contribution >= 4 is 45.5 Å². The minimum Gasteiger partial charge on any atom is -0.465 e. The van der Waals surface area contributed by atoms with Crippen LogP contribution in [0.4, 0.5) is 0 Å². The van der Waals surface area contributed by atoms with Crippen molar-refractivity contribution in [3.8, 4) is 0 Å². The molecule has 3 rings (SSSR count). The second-order valence-electron chi connectivity index (χ2n) is 12.7. The Morgan fingerprint density at radius 3 is 2.50 bits per heavy atom. The molecule has 38 heavy (non-hydrogen) atoms. The van der Waals surface area contributed by atoms with E-state index in [1.54, 1.807) is 28.8 Å². The number of likely N-dealkylation sites (tertiary alicyclic amines) is 1. The van der Waals surface area contributed by atoms with E-state index in [0.717, 1.165) is 6.42 Å². The molecule has 0 aromatic heterocycles. The summed E-state index contributed by atoms with van der Waals surface area (Å²) in [5.41, 5.74) is -0.492. The van der Waals surface area contributed by atoms with E-state index in [1.165, 1.54) is 0 Å². The van der Waals surface area contributed by atoms with Gasteiger partial charge >= 0.3 is 5.97 Å². The third-order valence-corrected chi connectivity index (χ3v) is 11.2. The molecule has 3 saturated heterocycles. The Labute approximate surface area is 240 Å². The van der Waals surface area contributed by atoms with Gasteiger partial charge in [-0.1, -0.05) is 48.9 Å². The number of hydrogen-bond acceptors (Lipinski definition) is 6. The number of aliphatic hydroxyl groups is 1. The predicted molar refractivity (Wildman–Crippen MR) is 156 cm³/mol. The number of fused-ring (bicyclic) bond motifs is 1. The van der Waals surface area contributed by atoms with Gasteiger partial charge in [-0.15, -0.1) is 24.9 Å². The third-order valence-electron chi connectivity index (χ3n) is 7.94. The Hall–Kier alpha value is -1.32. The molecule has 2 amide bonds. The highest BCUT2D eigenvalue weighted by Crippen LogP contribution is 2.68. The summed E-state index contributed by atoms with van der Waals surface area (Å²) in [5, 5.41) is 9.27. The van der Waals surface area contributed by atoms with E-state index >= 15 is 0 Å². The highest BCUT2D eigenvalue weighted by Gasteiger charge is 2.76. The lowest BCUT2D eigenvalue weighted by Crippen LogP contribution is -2.60. The molecule has 214 valence electrons. The summed E-state index contributed by atoms with van der Waals surface area (Å²) in [6, 6.07) is -0.695. The fourth-order valence-electron chi connectivity index (χ4n) is 6.96. The number of unbranched alkanes of at least 4 members (excludes halogenated alkanes) is 1. The first-order valence-electron chi connectivity index (χ1n) is 13.7. The van der Waals surface area contributed by atoms with Crippen LogP contribution in [0.2, 0.25) is 0 Å². The number of amides is 2. The SMILES string of the molecule is C=CCCOC(=O)[C@H]1[C@H]2C(=O)N(CCCCO)C(C(=O)N(CC=C)C(C)(C)CC(C)(C)C)C23CC(Br)[C@@H]1S3. The standard InChI is InChI=1S/C29H45BrN2O5S/c1-8-10-16-37-26(36)20-21-24(34)31(14-11-12-15-33)23(29(21)17-19(30)22(20)38-29)25(35)32(13-9-2)28(6,7)18-27(3,4)5/h8-9,19-23,33H,1-2,10-18H2,3-7H3/t19?,20-,21-,22-,23?,29?/m0/s1. The van der Waals surface area contributed by atoms with Gasteiger partial charge in [0.05, 0.1) is 23.2 Å². The van der Waals surface area contributed by atoms with Crippen LogP contribution in [0.3, 0.4) is 0 Å². The average Bonchev–Trinajstić information content (AvgIpc) is 3.39. The fraction of sp³-hybridized carbons (Fsp3) is 0.759. The van der Waals surface area contributed by atoms with Crippen LogP contribution in [-0.4, -0.2) is 85.4 Å². The molecule has 3 aliphatic rings. The Morgan fingerprint density at radius 1 is 1.24 bits per heavy atom. The normalized spacial score (nSPS) is 30.3. The summed E-state index contributed by atoms with van der Waals surface area (Å²) in [4.78, 5) is 45.7. The van der Waals surface area contributed by atoms with Crippen molar-refractivity contribution in [2.45, 2.75) is 93.1 Å². The average molecular weight is 614 g/mol. The van der Waals surface area contributed by atoms with Gasteiger partial charge in [0, 0.05) is 35.3 Å². The van der Waals surface area contributed by atoms with E-state index in [1.807, 2.05) is 4.90 Å². The van der Waals surface area contributed by atoms with E-state index in [4.69, 9.17) is 4.74 Å². The molecule has 0 aromatic rings. The predicted octanol–water partition coefficient (Wildman–Crippen LogP) is 4.57. The number of ether oxygens (including phenoxy) is 1. The molecule has 1 spiro atoms. The minimum atomic E-state index is -0.717.